The number of nitrogens with zero attached hydrogens (tertiary/aromatic N) is 1. The van der Waals surface area contributed by atoms with Crippen LogP contribution in [0.4, 0.5) is 4.79 Å². The number of rotatable bonds is 8. The van der Waals surface area contributed by atoms with Crippen molar-refractivity contribution in [2.45, 2.75) is 45.2 Å². The van der Waals surface area contributed by atoms with Crippen LogP contribution < -0.4 is 10.6 Å². The maximum Gasteiger partial charge on any atom is 0.407 e. The fraction of sp³-hybridized carbons (Fsp3) is 0.579. The summed E-state index contributed by atoms with van der Waals surface area (Å²) < 4.78 is 5.20. The number of amides is 2. The van der Waals surface area contributed by atoms with Gasteiger partial charge in [-0.3, -0.25) is 9.69 Å². The molecule has 0 saturated carbocycles. The molecular formula is C19H29N3O3. The third-order valence-electron chi connectivity index (χ3n) is 4.34. The number of hydrogen-bond acceptors (Lipinski definition) is 4. The second-order valence-corrected chi connectivity index (χ2v) is 6.51. The van der Waals surface area contributed by atoms with Crippen LogP contribution in [0.15, 0.2) is 30.3 Å². The zero-order valence-corrected chi connectivity index (χ0v) is 15.0. The van der Waals surface area contributed by atoms with Gasteiger partial charge in [0.25, 0.3) is 0 Å². The van der Waals surface area contributed by atoms with Gasteiger partial charge in [-0.1, -0.05) is 30.3 Å². The van der Waals surface area contributed by atoms with Crippen LogP contribution in [-0.4, -0.2) is 49.2 Å². The molecule has 1 aromatic rings. The minimum absolute atomic E-state index is 0.0303. The summed E-state index contributed by atoms with van der Waals surface area (Å²) >= 11 is 0. The summed E-state index contributed by atoms with van der Waals surface area (Å²) in [6.07, 6.45) is 3.13. The minimum Gasteiger partial charge on any atom is -0.450 e. The predicted octanol–water partition coefficient (Wildman–Crippen LogP) is 2.29. The lowest BCUT2D eigenvalue weighted by atomic mass is 10.0. The Morgan fingerprint density at radius 3 is 2.56 bits per heavy atom. The van der Waals surface area contributed by atoms with Gasteiger partial charge in [0.2, 0.25) is 5.91 Å². The molecule has 1 aliphatic rings. The Morgan fingerprint density at radius 1 is 1.16 bits per heavy atom. The standard InChI is InChI=1S/C19H29N3O3/c1-16(23)20-11-5-6-14-25-19(24)21-18-9-12-22(13-10-18)15-17-7-3-2-4-8-17/h2-4,7-8,18H,5-6,9-15H2,1H3,(H,20,23)(H,21,24). The quantitative estimate of drug-likeness (QED) is 0.708. The predicted molar refractivity (Wildman–Crippen MR) is 97.1 cm³/mol. The lowest BCUT2D eigenvalue weighted by molar-refractivity contribution is -0.118. The molecule has 6 nitrogen and oxygen atoms in total. The molecule has 0 aliphatic carbocycles. The number of carbonyl (C=O) groups excluding carboxylic acids is 2. The Labute approximate surface area is 149 Å². The van der Waals surface area contributed by atoms with E-state index in [4.69, 9.17) is 4.74 Å². The molecule has 0 spiro atoms. The summed E-state index contributed by atoms with van der Waals surface area (Å²) in [6.45, 7) is 5.44. The maximum atomic E-state index is 11.8. The smallest absolute Gasteiger partial charge is 0.407 e. The number of unbranched alkanes of at least 4 members (excludes halogenated alkanes) is 1. The molecule has 1 fully saturated rings. The van der Waals surface area contributed by atoms with E-state index in [1.165, 1.54) is 12.5 Å². The first-order valence-electron chi connectivity index (χ1n) is 9.07. The second kappa shape index (κ2) is 10.7. The van der Waals surface area contributed by atoms with Crippen molar-refractivity contribution in [2.24, 2.45) is 0 Å². The van der Waals surface area contributed by atoms with Gasteiger partial charge in [-0.2, -0.15) is 0 Å². The Morgan fingerprint density at radius 2 is 1.88 bits per heavy atom. The van der Waals surface area contributed by atoms with Gasteiger partial charge in [-0.05, 0) is 31.2 Å². The summed E-state index contributed by atoms with van der Waals surface area (Å²) in [4.78, 5) is 24.9. The third-order valence-corrected chi connectivity index (χ3v) is 4.34. The molecule has 1 heterocycles. The molecule has 1 aliphatic heterocycles. The van der Waals surface area contributed by atoms with E-state index >= 15 is 0 Å². The summed E-state index contributed by atoms with van der Waals surface area (Å²) in [5.41, 5.74) is 1.33. The van der Waals surface area contributed by atoms with Crippen LogP contribution in [0.1, 0.15) is 38.2 Å². The highest BCUT2D eigenvalue weighted by molar-refractivity contribution is 5.72. The fourth-order valence-corrected chi connectivity index (χ4v) is 2.94. The SMILES string of the molecule is CC(=O)NCCCCOC(=O)NC1CCN(Cc2ccccc2)CC1. The summed E-state index contributed by atoms with van der Waals surface area (Å²) in [5, 5.41) is 5.68. The fourth-order valence-electron chi connectivity index (χ4n) is 2.94. The largest absolute Gasteiger partial charge is 0.450 e. The number of carbonyl (C=O) groups is 2. The van der Waals surface area contributed by atoms with E-state index in [0.717, 1.165) is 45.3 Å². The van der Waals surface area contributed by atoms with Gasteiger partial charge in [0.1, 0.15) is 0 Å². The zero-order valence-electron chi connectivity index (χ0n) is 15.0. The Balaban J connectivity index is 1.54. The van der Waals surface area contributed by atoms with Crippen molar-refractivity contribution in [2.75, 3.05) is 26.2 Å². The number of piperidine rings is 1. The lowest BCUT2D eigenvalue weighted by Gasteiger charge is -2.32. The number of likely N-dealkylation sites (tertiary alicyclic amines) is 1. The van der Waals surface area contributed by atoms with Crippen LogP contribution >= 0.6 is 0 Å². The average Bonchev–Trinajstić information content (AvgIpc) is 2.60. The molecule has 0 unspecified atom stereocenters. The van der Waals surface area contributed by atoms with Crippen LogP contribution in [0.3, 0.4) is 0 Å². The Kier molecular flexibility index (Phi) is 8.25. The summed E-state index contributed by atoms with van der Waals surface area (Å²) in [7, 11) is 0. The van der Waals surface area contributed by atoms with E-state index in [0.29, 0.717) is 13.2 Å². The van der Waals surface area contributed by atoms with Gasteiger partial charge in [0.05, 0.1) is 6.61 Å². The molecule has 0 bridgehead atoms. The van der Waals surface area contributed by atoms with Gasteiger partial charge in [0, 0.05) is 39.1 Å². The van der Waals surface area contributed by atoms with Crippen LogP contribution in [0.25, 0.3) is 0 Å². The first kappa shape index (κ1) is 19.2. The zero-order chi connectivity index (χ0) is 17.9. The van der Waals surface area contributed by atoms with E-state index in [1.807, 2.05) is 6.07 Å². The van der Waals surface area contributed by atoms with E-state index in [9.17, 15) is 9.59 Å². The van der Waals surface area contributed by atoms with Crippen molar-refractivity contribution >= 4 is 12.0 Å². The highest BCUT2D eigenvalue weighted by Crippen LogP contribution is 2.14. The van der Waals surface area contributed by atoms with Crippen molar-refractivity contribution in [1.29, 1.82) is 0 Å². The number of alkyl carbamates (subject to hydrolysis) is 1. The van der Waals surface area contributed by atoms with E-state index in [2.05, 4.69) is 39.8 Å². The molecule has 0 radical (unpaired) electrons. The number of hydrogen-bond donors (Lipinski definition) is 2. The lowest BCUT2D eigenvalue weighted by Crippen LogP contribution is -2.44. The van der Waals surface area contributed by atoms with Crippen LogP contribution in [0, 0.1) is 0 Å². The topological polar surface area (TPSA) is 70.7 Å². The average molecular weight is 347 g/mol. The van der Waals surface area contributed by atoms with Crippen LogP contribution in [0.2, 0.25) is 0 Å². The van der Waals surface area contributed by atoms with Gasteiger partial charge < -0.3 is 15.4 Å². The molecule has 2 N–H and O–H groups in total. The minimum atomic E-state index is -0.332. The normalized spacial score (nSPS) is 15.6. The Bertz CT molecular complexity index is 528. The third kappa shape index (κ3) is 8.03. The summed E-state index contributed by atoms with van der Waals surface area (Å²) in [6, 6.07) is 10.6. The first-order chi connectivity index (χ1) is 12.1. The van der Waals surface area contributed by atoms with Crippen molar-refractivity contribution in [3.8, 4) is 0 Å². The molecule has 1 aromatic carbocycles. The molecule has 138 valence electrons. The molecule has 0 aromatic heterocycles. The van der Waals surface area contributed by atoms with E-state index in [1.54, 1.807) is 0 Å². The van der Waals surface area contributed by atoms with Crippen molar-refractivity contribution in [1.82, 2.24) is 15.5 Å². The molecule has 6 heteroatoms. The molecule has 25 heavy (non-hydrogen) atoms. The maximum absolute atomic E-state index is 11.8. The van der Waals surface area contributed by atoms with Crippen molar-refractivity contribution in [3.63, 3.8) is 0 Å². The number of benzene rings is 1. The van der Waals surface area contributed by atoms with Gasteiger partial charge in [-0.25, -0.2) is 4.79 Å². The molecule has 2 rings (SSSR count). The molecule has 0 atom stereocenters. The van der Waals surface area contributed by atoms with Crippen LogP contribution in [-0.2, 0) is 16.1 Å². The van der Waals surface area contributed by atoms with Gasteiger partial charge in [-0.15, -0.1) is 0 Å². The highest BCUT2D eigenvalue weighted by atomic mass is 16.5. The number of nitrogens with one attached hydrogen (secondary N) is 2. The van der Waals surface area contributed by atoms with Crippen molar-refractivity contribution < 1.29 is 14.3 Å². The van der Waals surface area contributed by atoms with E-state index < -0.39 is 0 Å². The highest BCUT2D eigenvalue weighted by Gasteiger charge is 2.21. The number of ether oxygens (including phenoxy) is 1. The Hall–Kier alpha value is -2.08. The van der Waals surface area contributed by atoms with E-state index in [-0.39, 0.29) is 18.0 Å². The van der Waals surface area contributed by atoms with Gasteiger partial charge >= 0.3 is 6.09 Å². The van der Waals surface area contributed by atoms with Gasteiger partial charge in [0.15, 0.2) is 0 Å². The summed E-state index contributed by atoms with van der Waals surface area (Å²) in [5.74, 6) is -0.0303. The molecule has 1 saturated heterocycles. The molecular weight excluding hydrogens is 318 g/mol. The van der Waals surface area contributed by atoms with Crippen LogP contribution in [0.5, 0.6) is 0 Å². The first-order valence-corrected chi connectivity index (χ1v) is 9.07. The monoisotopic (exact) mass is 347 g/mol. The second-order valence-electron chi connectivity index (χ2n) is 6.51. The molecule has 2 amide bonds. The van der Waals surface area contributed by atoms with Crippen molar-refractivity contribution in [3.05, 3.63) is 35.9 Å².